The summed E-state index contributed by atoms with van der Waals surface area (Å²) in [5, 5.41) is 2.97. The molecule has 0 saturated carbocycles. The lowest BCUT2D eigenvalue weighted by Gasteiger charge is -2.31. The van der Waals surface area contributed by atoms with E-state index < -0.39 is 0 Å². The molecule has 0 spiro atoms. The zero-order chi connectivity index (χ0) is 18.8. The topological polar surface area (TPSA) is 67.9 Å². The first kappa shape index (κ1) is 20.2. The fraction of sp³-hybridized carbons (Fsp3) is 0.600. The number of rotatable bonds is 9. The van der Waals surface area contributed by atoms with Crippen LogP contribution in [-0.2, 0) is 14.3 Å². The van der Waals surface area contributed by atoms with Crippen molar-refractivity contribution < 1.29 is 19.1 Å². The van der Waals surface area contributed by atoms with Gasteiger partial charge < -0.3 is 19.7 Å². The number of hydrogen-bond donors (Lipinski definition) is 1. The van der Waals surface area contributed by atoms with Gasteiger partial charge in [-0.15, -0.1) is 0 Å². The van der Waals surface area contributed by atoms with Crippen LogP contribution in [0.5, 0.6) is 5.75 Å². The van der Waals surface area contributed by atoms with E-state index in [1.165, 1.54) is 0 Å². The van der Waals surface area contributed by atoms with Crippen LogP contribution in [-0.4, -0.2) is 55.7 Å². The molecule has 1 aliphatic rings. The predicted octanol–water partition coefficient (Wildman–Crippen LogP) is 2.24. The average Bonchev–Trinajstić information content (AvgIpc) is 2.66. The van der Waals surface area contributed by atoms with Crippen molar-refractivity contribution in [2.45, 2.75) is 39.2 Å². The van der Waals surface area contributed by atoms with Crippen LogP contribution in [0.15, 0.2) is 30.3 Å². The second-order valence-corrected chi connectivity index (χ2v) is 6.82. The molecule has 0 aliphatic carbocycles. The number of hydrogen-bond acceptors (Lipinski definition) is 4. The molecule has 1 N–H and O–H groups in total. The molecule has 0 radical (unpaired) electrons. The minimum Gasteiger partial charge on any atom is -0.484 e. The first-order valence-electron chi connectivity index (χ1n) is 9.41. The van der Waals surface area contributed by atoms with Crippen LogP contribution in [0.1, 0.15) is 33.1 Å². The van der Waals surface area contributed by atoms with Gasteiger partial charge in [0, 0.05) is 32.2 Å². The van der Waals surface area contributed by atoms with Gasteiger partial charge in [-0.2, -0.15) is 0 Å². The molecule has 0 atom stereocenters. The van der Waals surface area contributed by atoms with Crippen molar-refractivity contribution in [1.29, 1.82) is 0 Å². The van der Waals surface area contributed by atoms with Crippen LogP contribution in [0.4, 0.5) is 0 Å². The van der Waals surface area contributed by atoms with Crippen molar-refractivity contribution in [1.82, 2.24) is 10.2 Å². The van der Waals surface area contributed by atoms with Gasteiger partial charge in [0.1, 0.15) is 5.75 Å². The summed E-state index contributed by atoms with van der Waals surface area (Å²) in [7, 11) is 0. The van der Waals surface area contributed by atoms with Crippen molar-refractivity contribution in [3.8, 4) is 5.75 Å². The summed E-state index contributed by atoms with van der Waals surface area (Å²) in [6.45, 7) is 6.53. The molecule has 0 aromatic heterocycles. The predicted molar refractivity (Wildman–Crippen MR) is 100.0 cm³/mol. The molecule has 2 amide bonds. The van der Waals surface area contributed by atoms with Gasteiger partial charge in [0.05, 0.1) is 6.10 Å². The molecule has 1 aromatic rings. The van der Waals surface area contributed by atoms with Gasteiger partial charge in [-0.1, -0.05) is 18.2 Å². The Balaban J connectivity index is 1.61. The summed E-state index contributed by atoms with van der Waals surface area (Å²) >= 11 is 0. The van der Waals surface area contributed by atoms with Gasteiger partial charge in [-0.3, -0.25) is 9.59 Å². The Labute approximate surface area is 155 Å². The third-order valence-corrected chi connectivity index (χ3v) is 4.40. The summed E-state index contributed by atoms with van der Waals surface area (Å²) in [5.41, 5.74) is 0. The highest BCUT2D eigenvalue weighted by Crippen LogP contribution is 2.18. The van der Waals surface area contributed by atoms with E-state index >= 15 is 0 Å². The SMILES string of the molecule is CC(C)OCCCNC(=O)C1CCN(C(=O)COc2ccccc2)CC1. The third-order valence-electron chi connectivity index (χ3n) is 4.40. The van der Waals surface area contributed by atoms with E-state index in [9.17, 15) is 9.59 Å². The largest absolute Gasteiger partial charge is 0.484 e. The summed E-state index contributed by atoms with van der Waals surface area (Å²) in [4.78, 5) is 26.2. The van der Waals surface area contributed by atoms with Crippen LogP contribution >= 0.6 is 0 Å². The maximum absolute atomic E-state index is 12.2. The second-order valence-electron chi connectivity index (χ2n) is 6.82. The highest BCUT2D eigenvalue weighted by atomic mass is 16.5. The van der Waals surface area contributed by atoms with Gasteiger partial charge in [0.15, 0.2) is 6.61 Å². The zero-order valence-corrected chi connectivity index (χ0v) is 15.8. The number of benzene rings is 1. The molecule has 6 heteroatoms. The van der Waals surface area contributed by atoms with Gasteiger partial charge in [0.25, 0.3) is 5.91 Å². The number of amides is 2. The Morgan fingerprint density at radius 3 is 2.54 bits per heavy atom. The average molecular weight is 362 g/mol. The van der Waals surface area contributed by atoms with Crippen LogP contribution in [0.3, 0.4) is 0 Å². The Kier molecular flexibility index (Phi) is 8.41. The van der Waals surface area contributed by atoms with Gasteiger partial charge in [-0.05, 0) is 45.2 Å². The van der Waals surface area contributed by atoms with E-state index in [-0.39, 0.29) is 30.4 Å². The number of likely N-dealkylation sites (tertiary alicyclic amines) is 1. The lowest BCUT2D eigenvalue weighted by atomic mass is 9.96. The standard InChI is InChI=1S/C20H30N2O4/c1-16(2)25-14-6-11-21-20(24)17-9-12-22(13-10-17)19(23)15-26-18-7-4-3-5-8-18/h3-5,7-8,16-17H,6,9-15H2,1-2H3,(H,21,24). The maximum atomic E-state index is 12.2. The number of carbonyl (C=O) groups excluding carboxylic acids is 2. The van der Waals surface area contributed by atoms with Crippen molar-refractivity contribution in [2.24, 2.45) is 5.92 Å². The quantitative estimate of drug-likeness (QED) is 0.684. The van der Waals surface area contributed by atoms with Gasteiger partial charge in [0.2, 0.25) is 5.91 Å². The van der Waals surface area contributed by atoms with E-state index in [4.69, 9.17) is 9.47 Å². The monoisotopic (exact) mass is 362 g/mol. The molecular formula is C20H30N2O4. The van der Waals surface area contributed by atoms with Crippen molar-refractivity contribution in [2.75, 3.05) is 32.8 Å². The van der Waals surface area contributed by atoms with Crippen molar-refractivity contribution >= 4 is 11.8 Å². The molecule has 1 aromatic carbocycles. The molecule has 1 aliphatic heterocycles. The normalized spacial score (nSPS) is 15.1. The first-order chi connectivity index (χ1) is 12.6. The minimum absolute atomic E-state index is 0.0138. The highest BCUT2D eigenvalue weighted by molar-refractivity contribution is 5.80. The van der Waals surface area contributed by atoms with Crippen LogP contribution in [0.25, 0.3) is 0 Å². The number of para-hydroxylation sites is 1. The summed E-state index contributed by atoms with van der Waals surface area (Å²) in [5.74, 6) is 0.734. The Morgan fingerprint density at radius 2 is 1.88 bits per heavy atom. The van der Waals surface area contributed by atoms with Crippen LogP contribution in [0, 0.1) is 5.92 Å². The Hall–Kier alpha value is -2.08. The number of nitrogens with one attached hydrogen (secondary N) is 1. The first-order valence-corrected chi connectivity index (χ1v) is 9.41. The second kappa shape index (κ2) is 10.8. The fourth-order valence-corrected chi connectivity index (χ4v) is 2.89. The minimum atomic E-state index is -0.0291. The van der Waals surface area contributed by atoms with E-state index in [0.717, 1.165) is 6.42 Å². The molecule has 0 bridgehead atoms. The number of nitrogens with zero attached hydrogens (tertiary/aromatic N) is 1. The highest BCUT2D eigenvalue weighted by Gasteiger charge is 2.27. The molecule has 0 unspecified atom stereocenters. The van der Waals surface area contributed by atoms with Crippen molar-refractivity contribution in [3.05, 3.63) is 30.3 Å². The third kappa shape index (κ3) is 7.04. The lowest BCUT2D eigenvalue weighted by molar-refractivity contribution is -0.137. The van der Waals surface area contributed by atoms with Crippen molar-refractivity contribution in [3.63, 3.8) is 0 Å². The van der Waals surface area contributed by atoms with E-state index in [2.05, 4.69) is 5.32 Å². The Bertz CT molecular complexity index is 554. The number of carbonyl (C=O) groups is 2. The summed E-state index contributed by atoms with van der Waals surface area (Å²) < 4.78 is 11.0. The fourth-order valence-electron chi connectivity index (χ4n) is 2.89. The Morgan fingerprint density at radius 1 is 1.19 bits per heavy atom. The molecule has 144 valence electrons. The smallest absolute Gasteiger partial charge is 0.260 e. The van der Waals surface area contributed by atoms with Gasteiger partial charge >= 0.3 is 0 Å². The molecule has 2 rings (SSSR count). The molecule has 1 heterocycles. The summed E-state index contributed by atoms with van der Waals surface area (Å²) in [6, 6.07) is 9.31. The molecular weight excluding hydrogens is 332 g/mol. The molecule has 6 nitrogen and oxygen atoms in total. The van der Waals surface area contributed by atoms with E-state index in [1.54, 1.807) is 4.90 Å². The number of ether oxygens (including phenoxy) is 2. The van der Waals surface area contributed by atoms with Crippen LogP contribution in [0.2, 0.25) is 0 Å². The summed E-state index contributed by atoms with van der Waals surface area (Å²) in [6.07, 6.45) is 2.44. The zero-order valence-electron chi connectivity index (χ0n) is 15.8. The molecule has 1 saturated heterocycles. The van der Waals surface area contributed by atoms with Gasteiger partial charge in [-0.25, -0.2) is 0 Å². The maximum Gasteiger partial charge on any atom is 0.260 e. The van der Waals surface area contributed by atoms with E-state index in [1.807, 2.05) is 44.2 Å². The number of piperidine rings is 1. The lowest BCUT2D eigenvalue weighted by Crippen LogP contribution is -2.44. The van der Waals surface area contributed by atoms with E-state index in [0.29, 0.717) is 44.8 Å². The molecule has 26 heavy (non-hydrogen) atoms. The van der Waals surface area contributed by atoms with Crippen LogP contribution < -0.4 is 10.1 Å². The molecule has 1 fully saturated rings.